The van der Waals surface area contributed by atoms with Crippen LogP contribution in [0.2, 0.25) is 5.02 Å². The molecule has 0 radical (unpaired) electrons. The molecule has 1 aliphatic rings. The van der Waals surface area contributed by atoms with Crippen LogP contribution in [0.5, 0.6) is 0 Å². The second kappa shape index (κ2) is 4.35. The second-order valence-corrected chi connectivity index (χ2v) is 6.77. The lowest BCUT2D eigenvalue weighted by atomic mass is 9.95. The third-order valence-electron chi connectivity index (χ3n) is 2.94. The van der Waals surface area contributed by atoms with E-state index in [0.29, 0.717) is 17.0 Å². The van der Waals surface area contributed by atoms with Crippen LogP contribution in [0.4, 0.5) is 0 Å². The maximum Gasteiger partial charge on any atom is 0.150 e. The maximum absolute atomic E-state index is 11.3. The average molecular weight is 261 g/mol. The molecule has 2 atom stereocenters. The standard InChI is InChI=1S/C11H13ClO3S/c12-10-4-2-1-3-9(10)11(13)8-5-6-16(14,15)7-8/h1-4,8,11,13H,5-7H2. The first-order chi connectivity index (χ1) is 7.49. The molecule has 1 aliphatic heterocycles. The molecule has 0 aromatic heterocycles. The van der Waals surface area contributed by atoms with Crippen LogP contribution in [0, 0.1) is 5.92 Å². The molecule has 16 heavy (non-hydrogen) atoms. The molecule has 1 fully saturated rings. The molecule has 5 heteroatoms. The van der Waals surface area contributed by atoms with Gasteiger partial charge in [-0.05, 0) is 18.1 Å². The summed E-state index contributed by atoms with van der Waals surface area (Å²) in [6.45, 7) is 0. The molecule has 1 saturated heterocycles. The van der Waals surface area contributed by atoms with Crippen molar-refractivity contribution < 1.29 is 13.5 Å². The number of halogens is 1. The molecule has 1 heterocycles. The fourth-order valence-corrected chi connectivity index (χ4v) is 4.12. The topological polar surface area (TPSA) is 54.4 Å². The first-order valence-corrected chi connectivity index (χ1v) is 7.32. The fraction of sp³-hybridized carbons (Fsp3) is 0.455. The Bertz CT molecular complexity index is 484. The smallest absolute Gasteiger partial charge is 0.150 e. The zero-order valence-electron chi connectivity index (χ0n) is 8.64. The van der Waals surface area contributed by atoms with Crippen molar-refractivity contribution in [2.45, 2.75) is 12.5 Å². The Hall–Kier alpha value is -0.580. The molecule has 1 N–H and O–H groups in total. The van der Waals surface area contributed by atoms with E-state index in [9.17, 15) is 13.5 Å². The van der Waals surface area contributed by atoms with Crippen molar-refractivity contribution in [3.8, 4) is 0 Å². The summed E-state index contributed by atoms with van der Waals surface area (Å²) in [4.78, 5) is 0. The Morgan fingerprint density at radius 1 is 1.38 bits per heavy atom. The highest BCUT2D eigenvalue weighted by molar-refractivity contribution is 7.91. The molecule has 2 rings (SSSR count). The van der Waals surface area contributed by atoms with Gasteiger partial charge in [0.2, 0.25) is 0 Å². The van der Waals surface area contributed by atoms with Crippen LogP contribution in [0.25, 0.3) is 0 Å². The number of sulfone groups is 1. The number of aliphatic hydroxyl groups is 1. The van der Waals surface area contributed by atoms with Crippen molar-refractivity contribution in [2.24, 2.45) is 5.92 Å². The zero-order chi connectivity index (χ0) is 11.8. The predicted molar refractivity (Wildman–Crippen MR) is 63.2 cm³/mol. The Morgan fingerprint density at radius 2 is 2.06 bits per heavy atom. The lowest BCUT2D eigenvalue weighted by molar-refractivity contribution is 0.121. The van der Waals surface area contributed by atoms with Crippen LogP contribution in [-0.4, -0.2) is 25.0 Å². The van der Waals surface area contributed by atoms with E-state index in [1.165, 1.54) is 0 Å². The number of hydrogen-bond acceptors (Lipinski definition) is 3. The Balaban J connectivity index is 2.21. The summed E-state index contributed by atoms with van der Waals surface area (Å²) < 4.78 is 22.6. The summed E-state index contributed by atoms with van der Waals surface area (Å²) in [5.41, 5.74) is 0.617. The van der Waals surface area contributed by atoms with Crippen LogP contribution in [0.1, 0.15) is 18.1 Å². The Kier molecular flexibility index (Phi) is 3.24. The van der Waals surface area contributed by atoms with Crippen molar-refractivity contribution in [3.63, 3.8) is 0 Å². The first-order valence-electron chi connectivity index (χ1n) is 5.12. The molecular weight excluding hydrogens is 248 g/mol. The summed E-state index contributed by atoms with van der Waals surface area (Å²) in [6, 6.07) is 7.00. The van der Waals surface area contributed by atoms with E-state index in [-0.39, 0.29) is 17.4 Å². The third kappa shape index (κ3) is 2.39. The molecule has 1 aromatic rings. The highest BCUT2D eigenvalue weighted by Gasteiger charge is 2.34. The van der Waals surface area contributed by atoms with E-state index in [2.05, 4.69) is 0 Å². The minimum absolute atomic E-state index is 0.0550. The van der Waals surface area contributed by atoms with Gasteiger partial charge in [-0.1, -0.05) is 29.8 Å². The summed E-state index contributed by atoms with van der Waals surface area (Å²) >= 11 is 5.96. The van der Waals surface area contributed by atoms with Gasteiger partial charge in [0.25, 0.3) is 0 Å². The molecule has 3 nitrogen and oxygen atoms in total. The van der Waals surface area contributed by atoms with Gasteiger partial charge in [-0.25, -0.2) is 8.42 Å². The van der Waals surface area contributed by atoms with Crippen LogP contribution in [0.15, 0.2) is 24.3 Å². The molecule has 0 amide bonds. The van der Waals surface area contributed by atoms with Gasteiger partial charge in [0, 0.05) is 10.9 Å². The highest BCUT2D eigenvalue weighted by atomic mass is 35.5. The van der Waals surface area contributed by atoms with Gasteiger partial charge >= 0.3 is 0 Å². The van der Waals surface area contributed by atoms with E-state index in [4.69, 9.17) is 11.6 Å². The fourth-order valence-electron chi connectivity index (χ4n) is 2.04. The number of benzene rings is 1. The van der Waals surface area contributed by atoms with E-state index in [1.54, 1.807) is 24.3 Å². The molecule has 0 saturated carbocycles. The van der Waals surface area contributed by atoms with Crippen LogP contribution in [-0.2, 0) is 9.84 Å². The van der Waals surface area contributed by atoms with Gasteiger partial charge in [-0.15, -0.1) is 0 Å². The molecular formula is C11H13ClO3S. The zero-order valence-corrected chi connectivity index (χ0v) is 10.2. The molecule has 1 aromatic carbocycles. The summed E-state index contributed by atoms with van der Waals surface area (Å²) in [5.74, 6) is -0.0108. The molecule has 2 unspecified atom stereocenters. The van der Waals surface area contributed by atoms with Crippen molar-refractivity contribution in [1.82, 2.24) is 0 Å². The van der Waals surface area contributed by atoms with Gasteiger partial charge in [-0.2, -0.15) is 0 Å². The monoisotopic (exact) mass is 260 g/mol. The minimum atomic E-state index is -2.96. The second-order valence-electron chi connectivity index (χ2n) is 4.13. The Morgan fingerprint density at radius 3 is 2.62 bits per heavy atom. The van der Waals surface area contributed by atoms with E-state index < -0.39 is 15.9 Å². The van der Waals surface area contributed by atoms with Crippen LogP contribution >= 0.6 is 11.6 Å². The minimum Gasteiger partial charge on any atom is -0.388 e. The van der Waals surface area contributed by atoms with E-state index >= 15 is 0 Å². The van der Waals surface area contributed by atoms with Crippen molar-refractivity contribution in [3.05, 3.63) is 34.9 Å². The highest BCUT2D eigenvalue weighted by Crippen LogP contribution is 2.34. The van der Waals surface area contributed by atoms with E-state index in [0.717, 1.165) is 0 Å². The maximum atomic E-state index is 11.3. The molecule has 88 valence electrons. The first kappa shape index (κ1) is 11.9. The normalized spacial score (nSPS) is 25.5. The number of aliphatic hydroxyl groups excluding tert-OH is 1. The van der Waals surface area contributed by atoms with Crippen molar-refractivity contribution in [2.75, 3.05) is 11.5 Å². The summed E-state index contributed by atoms with van der Waals surface area (Å²) in [6.07, 6.45) is -0.277. The lowest BCUT2D eigenvalue weighted by Gasteiger charge is -2.17. The largest absolute Gasteiger partial charge is 0.388 e. The third-order valence-corrected chi connectivity index (χ3v) is 5.08. The predicted octanol–water partition coefficient (Wildman–Crippen LogP) is 1.81. The Labute approximate surface area is 100.0 Å². The van der Waals surface area contributed by atoms with Crippen molar-refractivity contribution >= 4 is 21.4 Å². The van der Waals surface area contributed by atoms with Crippen molar-refractivity contribution in [1.29, 1.82) is 0 Å². The van der Waals surface area contributed by atoms with Gasteiger partial charge in [0.1, 0.15) is 0 Å². The lowest BCUT2D eigenvalue weighted by Crippen LogP contribution is -2.14. The SMILES string of the molecule is O=S1(=O)CCC(C(O)c2ccccc2Cl)C1. The molecule has 0 spiro atoms. The van der Waals surface area contributed by atoms with Gasteiger partial charge in [-0.3, -0.25) is 0 Å². The molecule has 0 bridgehead atoms. The quantitative estimate of drug-likeness (QED) is 0.882. The van der Waals surface area contributed by atoms with Gasteiger partial charge < -0.3 is 5.11 Å². The van der Waals surface area contributed by atoms with Crippen LogP contribution in [0.3, 0.4) is 0 Å². The number of rotatable bonds is 2. The summed E-state index contributed by atoms with van der Waals surface area (Å²) in [5, 5.41) is 10.6. The summed E-state index contributed by atoms with van der Waals surface area (Å²) in [7, 11) is -2.96. The van der Waals surface area contributed by atoms with Gasteiger partial charge in [0.15, 0.2) is 9.84 Å². The van der Waals surface area contributed by atoms with Crippen LogP contribution < -0.4 is 0 Å². The number of hydrogen-bond donors (Lipinski definition) is 1. The average Bonchev–Trinajstić information content (AvgIpc) is 2.59. The molecule has 0 aliphatic carbocycles. The van der Waals surface area contributed by atoms with E-state index in [1.807, 2.05) is 0 Å². The van der Waals surface area contributed by atoms with Gasteiger partial charge in [0.05, 0.1) is 17.6 Å².